The van der Waals surface area contributed by atoms with Crippen LogP contribution >= 0.6 is 23.2 Å². The van der Waals surface area contributed by atoms with Crippen molar-refractivity contribution < 1.29 is 24.5 Å². The fourth-order valence-electron chi connectivity index (χ4n) is 2.84. The number of phenolic OH excluding ortho intramolecular Hbond substituents is 2. The summed E-state index contributed by atoms with van der Waals surface area (Å²) < 4.78 is 4.93. The first-order valence-corrected chi connectivity index (χ1v) is 9.79. The van der Waals surface area contributed by atoms with Crippen molar-refractivity contribution in [1.82, 2.24) is 0 Å². The fourth-order valence-corrected chi connectivity index (χ4v) is 3.43. The average Bonchev–Trinajstić information content (AvgIpc) is 2.77. The van der Waals surface area contributed by atoms with Gasteiger partial charge in [0.05, 0.1) is 22.7 Å². The molecule has 0 saturated carbocycles. The van der Waals surface area contributed by atoms with E-state index < -0.39 is 17.3 Å². The number of carbonyl (C=O) groups is 2. The minimum atomic E-state index is -0.475. The Hall–Kier alpha value is -3.35. The molecule has 0 aliphatic rings. The van der Waals surface area contributed by atoms with Crippen molar-refractivity contribution in [2.24, 2.45) is 4.99 Å². The van der Waals surface area contributed by atoms with Crippen molar-refractivity contribution in [3.63, 3.8) is 0 Å². The summed E-state index contributed by atoms with van der Waals surface area (Å²) in [6, 6.07) is 14.2. The number of ether oxygens (including phenoxy) is 1. The second kappa shape index (κ2) is 9.64. The average molecular weight is 458 g/mol. The van der Waals surface area contributed by atoms with Crippen LogP contribution in [-0.2, 0) is 0 Å². The van der Waals surface area contributed by atoms with Crippen molar-refractivity contribution in [1.29, 1.82) is 0 Å². The molecule has 0 fully saturated rings. The van der Waals surface area contributed by atoms with Crippen molar-refractivity contribution >= 4 is 41.0 Å². The van der Waals surface area contributed by atoms with E-state index in [1.54, 1.807) is 36.4 Å². The highest BCUT2D eigenvalue weighted by atomic mass is 35.5. The molecule has 8 heteroatoms. The number of aliphatic imine (C=N–C) groups is 1. The molecule has 0 saturated heterocycles. The zero-order chi connectivity index (χ0) is 22.5. The van der Waals surface area contributed by atoms with Crippen LogP contribution < -0.4 is 4.74 Å². The second-order valence-electron chi connectivity index (χ2n) is 6.46. The Balaban J connectivity index is 1.83. The molecule has 0 spiro atoms. The molecule has 0 unspecified atom stereocenters. The summed E-state index contributed by atoms with van der Waals surface area (Å²) >= 11 is 12.6. The lowest BCUT2D eigenvalue weighted by atomic mass is 10.0. The lowest BCUT2D eigenvalue weighted by molar-refractivity contribution is 0.0999. The fraction of sp³-hybridized carbons (Fsp3) is 0.0870. The molecule has 6 nitrogen and oxygen atoms in total. The minimum Gasteiger partial charge on any atom is -0.504 e. The summed E-state index contributed by atoms with van der Waals surface area (Å²) in [5.41, 5.74) is 1.13. The van der Waals surface area contributed by atoms with E-state index in [-0.39, 0.29) is 39.2 Å². The van der Waals surface area contributed by atoms with Crippen LogP contribution in [0, 0.1) is 0 Å². The maximum Gasteiger partial charge on any atom is 0.200 e. The van der Waals surface area contributed by atoms with E-state index in [4.69, 9.17) is 27.9 Å². The van der Waals surface area contributed by atoms with Gasteiger partial charge in [-0.15, -0.1) is 0 Å². The molecule has 0 aliphatic heterocycles. The number of phenols is 2. The van der Waals surface area contributed by atoms with Gasteiger partial charge in [-0.25, -0.2) is 0 Å². The largest absolute Gasteiger partial charge is 0.504 e. The molecule has 0 radical (unpaired) electrons. The Morgan fingerprint density at radius 1 is 1.03 bits per heavy atom. The van der Waals surface area contributed by atoms with Crippen LogP contribution in [0.25, 0.3) is 0 Å². The molecule has 0 aromatic heterocycles. The van der Waals surface area contributed by atoms with Crippen LogP contribution in [0.1, 0.15) is 31.8 Å². The zero-order valence-electron chi connectivity index (χ0n) is 16.3. The molecule has 2 N–H and O–H groups in total. The van der Waals surface area contributed by atoms with Crippen molar-refractivity contribution in [3.05, 3.63) is 86.9 Å². The number of Topliss-reactive ketones (excluding diaryl/α,β-unsaturated/α-hetero) is 1. The Morgan fingerprint density at radius 3 is 2.42 bits per heavy atom. The van der Waals surface area contributed by atoms with Gasteiger partial charge in [0, 0.05) is 22.9 Å². The Labute approximate surface area is 188 Å². The van der Waals surface area contributed by atoms with Crippen LogP contribution in [-0.4, -0.2) is 41.6 Å². The summed E-state index contributed by atoms with van der Waals surface area (Å²) in [5.74, 6) is -1.70. The molecule has 0 aliphatic carbocycles. The molecule has 0 amide bonds. The van der Waals surface area contributed by atoms with Gasteiger partial charge in [0.15, 0.2) is 23.1 Å². The molecule has 3 rings (SSSR count). The number of ketones is 2. The predicted molar refractivity (Wildman–Crippen MR) is 119 cm³/mol. The van der Waals surface area contributed by atoms with Crippen LogP contribution in [0.5, 0.6) is 17.2 Å². The number of carbonyl (C=O) groups excluding carboxylic acids is 2. The van der Waals surface area contributed by atoms with E-state index in [1.165, 1.54) is 25.5 Å². The van der Waals surface area contributed by atoms with Crippen molar-refractivity contribution in [2.75, 3.05) is 13.7 Å². The standard InChI is InChI=1S/C23H17Cl2NO5/c1-31-19-10-15(9-17(27)23(19)30)18(28)12-26-11-14-7-8-16(24)20(21(14)25)22(29)13-5-3-2-4-6-13/h2-11,27,30H,12H2,1H3. The van der Waals surface area contributed by atoms with Crippen LogP contribution in [0.15, 0.2) is 59.6 Å². The summed E-state index contributed by atoms with van der Waals surface area (Å²) in [6.45, 7) is -0.256. The van der Waals surface area contributed by atoms with Crippen LogP contribution in [0.4, 0.5) is 0 Å². The summed E-state index contributed by atoms with van der Waals surface area (Å²) in [7, 11) is 1.30. The smallest absolute Gasteiger partial charge is 0.200 e. The molecular weight excluding hydrogens is 441 g/mol. The first kappa shape index (κ1) is 22.3. The molecular formula is C23H17Cl2NO5. The summed E-state index contributed by atoms with van der Waals surface area (Å²) in [5, 5.41) is 19.7. The third kappa shape index (κ3) is 4.87. The van der Waals surface area contributed by atoms with E-state index in [0.29, 0.717) is 11.1 Å². The molecule has 0 heterocycles. The Kier molecular flexibility index (Phi) is 6.95. The van der Waals surface area contributed by atoms with Gasteiger partial charge in [0.2, 0.25) is 5.75 Å². The van der Waals surface area contributed by atoms with Crippen LogP contribution in [0.3, 0.4) is 0 Å². The van der Waals surface area contributed by atoms with Gasteiger partial charge in [-0.1, -0.05) is 59.6 Å². The molecule has 31 heavy (non-hydrogen) atoms. The Bertz CT molecular complexity index is 1180. The van der Waals surface area contributed by atoms with Crippen molar-refractivity contribution in [3.8, 4) is 17.2 Å². The maximum absolute atomic E-state index is 12.8. The van der Waals surface area contributed by atoms with E-state index in [2.05, 4.69) is 4.99 Å². The number of aromatic hydroxyl groups is 2. The monoisotopic (exact) mass is 457 g/mol. The first-order valence-electron chi connectivity index (χ1n) is 9.04. The van der Waals surface area contributed by atoms with Crippen LogP contribution in [0.2, 0.25) is 10.0 Å². The van der Waals surface area contributed by atoms with Crippen molar-refractivity contribution in [2.45, 2.75) is 0 Å². The van der Waals surface area contributed by atoms with Gasteiger partial charge >= 0.3 is 0 Å². The lowest BCUT2D eigenvalue weighted by Gasteiger charge is -2.09. The molecule has 0 atom stereocenters. The SMILES string of the molecule is COc1cc(C(=O)CN=Cc2ccc(Cl)c(C(=O)c3ccccc3)c2Cl)cc(O)c1O. The molecule has 158 valence electrons. The number of nitrogens with zero attached hydrogens (tertiary/aromatic N) is 1. The van der Waals surface area contributed by atoms with Gasteiger partial charge in [-0.05, 0) is 18.2 Å². The lowest BCUT2D eigenvalue weighted by Crippen LogP contribution is -2.06. The number of benzene rings is 3. The maximum atomic E-state index is 12.8. The third-order valence-electron chi connectivity index (χ3n) is 4.45. The van der Waals surface area contributed by atoms with Gasteiger partial charge in [0.1, 0.15) is 6.54 Å². The number of methoxy groups -OCH3 is 1. The number of hydrogen-bond donors (Lipinski definition) is 2. The highest BCUT2D eigenvalue weighted by Crippen LogP contribution is 2.36. The van der Waals surface area contributed by atoms with Gasteiger partial charge < -0.3 is 14.9 Å². The normalized spacial score (nSPS) is 10.9. The van der Waals surface area contributed by atoms with E-state index in [1.807, 2.05) is 0 Å². The predicted octanol–water partition coefficient (Wildman–Crippen LogP) is 4.95. The number of hydrogen-bond acceptors (Lipinski definition) is 6. The molecule has 3 aromatic rings. The highest BCUT2D eigenvalue weighted by Gasteiger charge is 2.19. The van der Waals surface area contributed by atoms with E-state index in [9.17, 15) is 19.8 Å². The molecule has 0 bridgehead atoms. The Morgan fingerprint density at radius 2 is 1.74 bits per heavy atom. The topological polar surface area (TPSA) is 96.2 Å². The van der Waals surface area contributed by atoms with E-state index in [0.717, 1.165) is 6.07 Å². The van der Waals surface area contributed by atoms with E-state index >= 15 is 0 Å². The number of halogens is 2. The summed E-state index contributed by atoms with van der Waals surface area (Å²) in [4.78, 5) is 29.3. The van der Waals surface area contributed by atoms with Gasteiger partial charge in [0.25, 0.3) is 0 Å². The minimum absolute atomic E-state index is 0.0304. The molecule has 3 aromatic carbocycles. The second-order valence-corrected chi connectivity index (χ2v) is 7.25. The van der Waals surface area contributed by atoms with Gasteiger partial charge in [-0.2, -0.15) is 0 Å². The highest BCUT2D eigenvalue weighted by molar-refractivity contribution is 6.42. The van der Waals surface area contributed by atoms with Gasteiger partial charge in [-0.3, -0.25) is 14.6 Å². The quantitative estimate of drug-likeness (QED) is 0.297. The first-order chi connectivity index (χ1) is 14.8. The summed E-state index contributed by atoms with van der Waals surface area (Å²) in [6.07, 6.45) is 1.37. The zero-order valence-corrected chi connectivity index (χ0v) is 17.8. The third-order valence-corrected chi connectivity index (χ3v) is 5.17. The number of rotatable bonds is 7.